The number of aromatic nitrogens is 1. The minimum atomic E-state index is -2.89. The summed E-state index contributed by atoms with van der Waals surface area (Å²) in [5.41, 5.74) is 1.56. The number of hydrogen-bond acceptors (Lipinski definition) is 5. The first-order valence-electron chi connectivity index (χ1n) is 9.12. The molecule has 0 aliphatic rings. The molecule has 1 aromatic carbocycles. The molecule has 0 fully saturated rings. The Hall–Kier alpha value is -1.69. The van der Waals surface area contributed by atoms with E-state index < -0.39 is 6.61 Å². The molecule has 0 amide bonds. The molecule has 2 N–H and O–H groups in total. The highest BCUT2D eigenvalue weighted by atomic mass is 127. The van der Waals surface area contributed by atoms with Crippen LogP contribution in [0.1, 0.15) is 30.1 Å². The smallest absolute Gasteiger partial charge is 0.387 e. The molecule has 2 aromatic rings. The molecule has 10 heteroatoms. The second kappa shape index (κ2) is 13.5. The van der Waals surface area contributed by atoms with E-state index in [-0.39, 0.29) is 36.3 Å². The summed E-state index contributed by atoms with van der Waals surface area (Å²) in [4.78, 5) is 9.02. The maximum absolute atomic E-state index is 12.6. The van der Waals surface area contributed by atoms with Crippen LogP contribution in [0.15, 0.2) is 28.6 Å². The fourth-order valence-electron chi connectivity index (χ4n) is 2.46. The molecular formula is C19H27F2IN4O2S. The van der Waals surface area contributed by atoms with Crippen molar-refractivity contribution in [2.45, 2.75) is 39.8 Å². The number of guanidine groups is 1. The van der Waals surface area contributed by atoms with E-state index in [1.165, 1.54) is 13.2 Å². The Balaban J connectivity index is 0.00000420. The van der Waals surface area contributed by atoms with Crippen molar-refractivity contribution in [2.24, 2.45) is 4.99 Å². The van der Waals surface area contributed by atoms with Gasteiger partial charge in [-0.1, -0.05) is 6.92 Å². The van der Waals surface area contributed by atoms with Gasteiger partial charge in [-0.25, -0.2) is 9.98 Å². The van der Waals surface area contributed by atoms with Gasteiger partial charge in [-0.2, -0.15) is 8.78 Å². The fourth-order valence-corrected chi connectivity index (χ4v) is 3.24. The Morgan fingerprint density at radius 3 is 2.69 bits per heavy atom. The number of benzene rings is 1. The zero-order chi connectivity index (χ0) is 20.4. The largest absolute Gasteiger partial charge is 0.497 e. The lowest BCUT2D eigenvalue weighted by molar-refractivity contribution is -0.0504. The van der Waals surface area contributed by atoms with Crippen LogP contribution in [0.5, 0.6) is 11.5 Å². The highest BCUT2D eigenvalue weighted by Crippen LogP contribution is 2.26. The lowest BCUT2D eigenvalue weighted by Gasteiger charge is -2.13. The van der Waals surface area contributed by atoms with Crippen LogP contribution < -0.4 is 20.1 Å². The summed E-state index contributed by atoms with van der Waals surface area (Å²) in [6.07, 6.45) is 1.71. The summed E-state index contributed by atoms with van der Waals surface area (Å²) in [6, 6.07) is 4.68. The Morgan fingerprint density at radius 2 is 2.07 bits per heavy atom. The van der Waals surface area contributed by atoms with Gasteiger partial charge in [0.15, 0.2) is 5.96 Å². The minimum Gasteiger partial charge on any atom is -0.497 e. The van der Waals surface area contributed by atoms with Crippen LogP contribution in [-0.2, 0) is 19.4 Å². The van der Waals surface area contributed by atoms with Gasteiger partial charge in [0.25, 0.3) is 0 Å². The Morgan fingerprint density at radius 1 is 1.28 bits per heavy atom. The standard InChI is InChI=1S/C19H26F2N4O2S.HI/c1-4-17-25-14(12-28-17)8-9-23-19(22-5-2)24-11-13-10-15(26-3)6-7-16(13)27-18(20)21;/h6-7,10,12,18H,4-5,8-9,11H2,1-3H3,(H2,22,23,24);1H. The summed E-state index contributed by atoms with van der Waals surface area (Å²) in [5.74, 6) is 1.24. The number of methoxy groups -OCH3 is 1. The molecule has 1 aromatic heterocycles. The molecule has 0 unspecified atom stereocenters. The molecular weight excluding hydrogens is 513 g/mol. The van der Waals surface area contributed by atoms with E-state index in [1.54, 1.807) is 23.5 Å². The van der Waals surface area contributed by atoms with Crippen LogP contribution in [0.2, 0.25) is 0 Å². The van der Waals surface area contributed by atoms with Crippen LogP contribution in [0.25, 0.3) is 0 Å². The summed E-state index contributed by atoms with van der Waals surface area (Å²) >= 11 is 1.66. The molecule has 29 heavy (non-hydrogen) atoms. The summed E-state index contributed by atoms with van der Waals surface area (Å²) in [7, 11) is 1.52. The number of halogens is 3. The van der Waals surface area contributed by atoms with Gasteiger partial charge in [0.05, 0.1) is 24.4 Å². The van der Waals surface area contributed by atoms with Gasteiger partial charge in [-0.05, 0) is 31.5 Å². The molecule has 0 saturated heterocycles. The van der Waals surface area contributed by atoms with E-state index in [4.69, 9.17) is 4.74 Å². The molecule has 0 aliphatic heterocycles. The van der Waals surface area contributed by atoms with Crippen LogP contribution in [0.4, 0.5) is 8.78 Å². The van der Waals surface area contributed by atoms with Crippen molar-refractivity contribution in [2.75, 3.05) is 20.2 Å². The van der Waals surface area contributed by atoms with Crippen molar-refractivity contribution in [1.29, 1.82) is 0 Å². The number of aryl methyl sites for hydroxylation is 1. The van der Waals surface area contributed by atoms with E-state index in [1.807, 2.05) is 6.92 Å². The number of hydrogen-bond donors (Lipinski definition) is 2. The van der Waals surface area contributed by atoms with Gasteiger partial charge in [-0.3, -0.25) is 0 Å². The average Bonchev–Trinajstić information content (AvgIpc) is 3.14. The van der Waals surface area contributed by atoms with Crippen molar-refractivity contribution in [1.82, 2.24) is 15.6 Å². The first-order valence-corrected chi connectivity index (χ1v) is 10.0. The zero-order valence-corrected chi connectivity index (χ0v) is 19.9. The Bertz CT molecular complexity index is 774. The van der Waals surface area contributed by atoms with Gasteiger partial charge >= 0.3 is 6.61 Å². The highest BCUT2D eigenvalue weighted by molar-refractivity contribution is 14.0. The molecule has 162 valence electrons. The predicted molar refractivity (Wildman–Crippen MR) is 123 cm³/mol. The van der Waals surface area contributed by atoms with E-state index in [0.29, 0.717) is 30.4 Å². The topological polar surface area (TPSA) is 67.8 Å². The van der Waals surface area contributed by atoms with Crippen LogP contribution in [-0.4, -0.2) is 37.8 Å². The molecule has 6 nitrogen and oxygen atoms in total. The molecule has 0 saturated carbocycles. The van der Waals surface area contributed by atoms with Crippen molar-refractivity contribution >= 4 is 41.3 Å². The number of alkyl halides is 2. The maximum Gasteiger partial charge on any atom is 0.387 e. The van der Waals surface area contributed by atoms with Gasteiger partial charge in [0.1, 0.15) is 11.5 Å². The zero-order valence-electron chi connectivity index (χ0n) is 16.7. The molecule has 0 atom stereocenters. The number of nitrogens with one attached hydrogen (secondary N) is 2. The maximum atomic E-state index is 12.6. The lowest BCUT2D eigenvalue weighted by Crippen LogP contribution is -2.38. The van der Waals surface area contributed by atoms with Crippen LogP contribution in [0.3, 0.4) is 0 Å². The Kier molecular flexibility index (Phi) is 11.8. The third kappa shape index (κ3) is 8.69. The molecule has 0 spiro atoms. The third-order valence-electron chi connectivity index (χ3n) is 3.81. The van der Waals surface area contributed by atoms with E-state index in [0.717, 1.165) is 23.5 Å². The van der Waals surface area contributed by atoms with Crippen LogP contribution >= 0.6 is 35.3 Å². The van der Waals surface area contributed by atoms with Crippen molar-refractivity contribution < 1.29 is 18.3 Å². The molecule has 0 aliphatic carbocycles. The minimum absolute atomic E-state index is 0. The Labute approximate surface area is 191 Å². The SMILES string of the molecule is CCNC(=NCc1cc(OC)ccc1OC(F)F)NCCc1csc(CC)n1.I. The predicted octanol–water partition coefficient (Wildman–Crippen LogP) is 4.23. The third-order valence-corrected chi connectivity index (χ3v) is 4.85. The number of rotatable bonds is 10. The number of thiazole rings is 1. The highest BCUT2D eigenvalue weighted by Gasteiger charge is 2.11. The average molecular weight is 540 g/mol. The summed E-state index contributed by atoms with van der Waals surface area (Å²) in [6.45, 7) is 2.67. The second-order valence-corrected chi connectivity index (χ2v) is 6.75. The van der Waals surface area contributed by atoms with Crippen molar-refractivity contribution in [3.8, 4) is 11.5 Å². The van der Waals surface area contributed by atoms with E-state index >= 15 is 0 Å². The van der Waals surface area contributed by atoms with Gasteiger partial charge < -0.3 is 20.1 Å². The fraction of sp³-hybridized carbons (Fsp3) is 0.474. The number of ether oxygens (including phenoxy) is 2. The van der Waals surface area contributed by atoms with Crippen LogP contribution in [0, 0.1) is 0 Å². The van der Waals surface area contributed by atoms with Gasteiger partial charge in [-0.15, -0.1) is 35.3 Å². The summed E-state index contributed by atoms with van der Waals surface area (Å²) in [5, 5.41) is 9.57. The number of nitrogens with zero attached hydrogens (tertiary/aromatic N) is 2. The normalized spacial score (nSPS) is 11.2. The molecule has 1 heterocycles. The number of aliphatic imine (C=N–C) groups is 1. The quantitative estimate of drug-likeness (QED) is 0.268. The molecule has 0 bridgehead atoms. The lowest BCUT2D eigenvalue weighted by atomic mass is 10.2. The van der Waals surface area contributed by atoms with Gasteiger partial charge in [0.2, 0.25) is 0 Å². The van der Waals surface area contributed by atoms with E-state index in [9.17, 15) is 8.78 Å². The summed E-state index contributed by atoms with van der Waals surface area (Å²) < 4.78 is 35.0. The van der Waals surface area contributed by atoms with Gasteiger partial charge in [0, 0.05) is 30.5 Å². The monoisotopic (exact) mass is 540 g/mol. The molecule has 2 rings (SSSR count). The second-order valence-electron chi connectivity index (χ2n) is 5.81. The van der Waals surface area contributed by atoms with Crippen molar-refractivity contribution in [3.05, 3.63) is 39.8 Å². The van der Waals surface area contributed by atoms with Crippen molar-refractivity contribution in [3.63, 3.8) is 0 Å². The van der Waals surface area contributed by atoms with E-state index in [2.05, 4.69) is 37.7 Å². The first-order chi connectivity index (χ1) is 13.5. The first kappa shape index (κ1) is 25.3. The molecule has 0 radical (unpaired) electrons.